The molecule has 2 rings (SSSR count). The Labute approximate surface area is 120 Å². The summed E-state index contributed by atoms with van der Waals surface area (Å²) in [6, 6.07) is 4.59. The van der Waals surface area contributed by atoms with E-state index in [-0.39, 0.29) is 0 Å². The molecule has 18 heavy (non-hydrogen) atoms. The average Bonchev–Trinajstić information content (AvgIpc) is 2.92. The monoisotopic (exact) mass is 327 g/mol. The molecule has 0 aliphatic carbocycles. The first-order chi connectivity index (χ1) is 8.65. The molecule has 3 nitrogen and oxygen atoms in total. The first-order valence-corrected chi connectivity index (χ1v) is 7.76. The van der Waals surface area contributed by atoms with Crippen LogP contribution in [0.3, 0.4) is 0 Å². The number of nitrogens with zero attached hydrogens (tertiary/aromatic N) is 2. The topological polar surface area (TPSA) is 29.9 Å². The van der Waals surface area contributed by atoms with Gasteiger partial charge in [-0.25, -0.2) is 0 Å². The number of halogens is 1. The van der Waals surface area contributed by atoms with Gasteiger partial charge < -0.3 is 5.32 Å². The molecule has 0 aromatic carbocycles. The van der Waals surface area contributed by atoms with Crippen molar-refractivity contribution >= 4 is 27.3 Å². The van der Waals surface area contributed by atoms with Crippen LogP contribution in [0, 0.1) is 6.92 Å². The third-order valence-electron chi connectivity index (χ3n) is 3.02. The van der Waals surface area contributed by atoms with Crippen molar-refractivity contribution in [3.8, 4) is 0 Å². The second-order valence-electron chi connectivity index (χ2n) is 4.26. The molecule has 0 amide bonds. The fraction of sp³-hybridized carbons (Fsp3) is 0.462. The average molecular weight is 328 g/mol. The molecule has 5 heteroatoms. The Balaban J connectivity index is 2.25. The number of nitrogens with one attached hydrogen (secondary N) is 1. The van der Waals surface area contributed by atoms with E-state index in [4.69, 9.17) is 0 Å². The Kier molecular flexibility index (Phi) is 4.59. The van der Waals surface area contributed by atoms with Crippen LogP contribution >= 0.6 is 27.3 Å². The van der Waals surface area contributed by atoms with Crippen LogP contribution in [0.2, 0.25) is 0 Å². The van der Waals surface area contributed by atoms with Gasteiger partial charge in [-0.2, -0.15) is 5.10 Å². The molecule has 1 atom stereocenters. The molecule has 0 saturated heterocycles. The van der Waals surface area contributed by atoms with E-state index in [1.54, 1.807) is 11.3 Å². The Bertz CT molecular complexity index is 518. The van der Waals surface area contributed by atoms with Gasteiger partial charge in [-0.3, -0.25) is 4.68 Å². The largest absolute Gasteiger partial charge is 0.311 e. The summed E-state index contributed by atoms with van der Waals surface area (Å²) in [4.78, 5) is 1.37. The van der Waals surface area contributed by atoms with E-state index in [1.807, 2.05) is 14.0 Å². The van der Waals surface area contributed by atoms with Crippen molar-refractivity contribution in [2.45, 2.75) is 32.9 Å². The Morgan fingerprint density at radius 2 is 2.33 bits per heavy atom. The molecule has 98 valence electrons. The molecule has 0 saturated carbocycles. The summed E-state index contributed by atoms with van der Waals surface area (Å²) in [5.74, 6) is 0. The second kappa shape index (κ2) is 5.99. The summed E-state index contributed by atoms with van der Waals surface area (Å²) in [6.45, 7) is 5.08. The van der Waals surface area contributed by atoms with Gasteiger partial charge in [0.25, 0.3) is 0 Å². The van der Waals surface area contributed by atoms with Crippen molar-refractivity contribution in [2.75, 3.05) is 7.05 Å². The first kappa shape index (κ1) is 13.8. The summed E-state index contributed by atoms with van der Waals surface area (Å²) in [6.07, 6.45) is 0.986. The Hall–Kier alpha value is -0.650. The van der Waals surface area contributed by atoms with Crippen molar-refractivity contribution in [3.05, 3.63) is 38.3 Å². The highest BCUT2D eigenvalue weighted by molar-refractivity contribution is 9.10. The lowest BCUT2D eigenvalue weighted by Crippen LogP contribution is -2.22. The molecular formula is C13H18BrN3S. The number of thiophene rings is 1. The molecule has 0 radical (unpaired) electrons. The Morgan fingerprint density at radius 3 is 2.89 bits per heavy atom. The van der Waals surface area contributed by atoms with Gasteiger partial charge in [0.15, 0.2) is 0 Å². The van der Waals surface area contributed by atoms with E-state index in [0.717, 1.165) is 18.7 Å². The van der Waals surface area contributed by atoms with Crippen LogP contribution in [0.15, 0.2) is 22.0 Å². The minimum Gasteiger partial charge on any atom is -0.311 e. The van der Waals surface area contributed by atoms with Gasteiger partial charge in [-0.05, 0) is 54.3 Å². The molecule has 0 bridgehead atoms. The normalized spacial score (nSPS) is 12.9. The summed E-state index contributed by atoms with van der Waals surface area (Å²) < 4.78 is 3.28. The minimum atomic E-state index is 0.307. The van der Waals surface area contributed by atoms with Crippen molar-refractivity contribution in [1.29, 1.82) is 0 Å². The summed E-state index contributed by atoms with van der Waals surface area (Å²) >= 11 is 5.39. The highest BCUT2D eigenvalue weighted by atomic mass is 79.9. The zero-order chi connectivity index (χ0) is 13.1. The number of hydrogen-bond donors (Lipinski definition) is 1. The van der Waals surface area contributed by atoms with Crippen LogP contribution in [-0.2, 0) is 13.0 Å². The summed E-state index contributed by atoms with van der Waals surface area (Å²) in [7, 11) is 2.01. The lowest BCUT2D eigenvalue weighted by Gasteiger charge is -2.17. The van der Waals surface area contributed by atoms with Crippen molar-refractivity contribution in [3.63, 3.8) is 0 Å². The lowest BCUT2D eigenvalue weighted by atomic mass is 10.1. The van der Waals surface area contributed by atoms with Gasteiger partial charge in [-0.15, -0.1) is 11.3 Å². The van der Waals surface area contributed by atoms with E-state index in [1.165, 1.54) is 15.0 Å². The van der Waals surface area contributed by atoms with Crippen LogP contribution in [0.1, 0.15) is 29.2 Å². The van der Waals surface area contributed by atoms with Gasteiger partial charge in [0.05, 0.1) is 17.4 Å². The maximum absolute atomic E-state index is 4.52. The third-order valence-corrected chi connectivity index (χ3v) is 4.97. The Morgan fingerprint density at radius 1 is 1.56 bits per heavy atom. The SMILES string of the molecule is CCn1nc(C)cc1C(Cc1sccc1Br)NC. The zero-order valence-electron chi connectivity index (χ0n) is 10.9. The van der Waals surface area contributed by atoms with Gasteiger partial charge in [0.2, 0.25) is 0 Å². The van der Waals surface area contributed by atoms with Crippen LogP contribution in [0.5, 0.6) is 0 Å². The standard InChI is InChI=1S/C13H18BrN3S/c1-4-17-12(7-9(2)16-17)11(15-3)8-13-10(14)5-6-18-13/h5-7,11,15H,4,8H2,1-3H3. The zero-order valence-corrected chi connectivity index (χ0v) is 13.3. The fourth-order valence-corrected chi connectivity index (χ4v) is 3.67. The molecule has 1 unspecified atom stereocenters. The molecule has 2 aromatic heterocycles. The highest BCUT2D eigenvalue weighted by Gasteiger charge is 2.17. The molecule has 0 spiro atoms. The van der Waals surface area contributed by atoms with Crippen molar-refractivity contribution in [1.82, 2.24) is 15.1 Å². The third kappa shape index (κ3) is 2.84. The fourth-order valence-electron chi connectivity index (χ4n) is 2.11. The number of hydrogen-bond acceptors (Lipinski definition) is 3. The van der Waals surface area contributed by atoms with E-state index in [2.05, 4.69) is 55.5 Å². The highest BCUT2D eigenvalue weighted by Crippen LogP contribution is 2.28. The maximum Gasteiger partial charge on any atom is 0.0597 e. The molecule has 1 N–H and O–H groups in total. The predicted molar refractivity (Wildman–Crippen MR) is 80.2 cm³/mol. The molecule has 2 heterocycles. The quantitative estimate of drug-likeness (QED) is 0.910. The maximum atomic E-state index is 4.52. The second-order valence-corrected chi connectivity index (χ2v) is 6.12. The lowest BCUT2D eigenvalue weighted by molar-refractivity contribution is 0.514. The van der Waals surface area contributed by atoms with Crippen molar-refractivity contribution in [2.24, 2.45) is 0 Å². The molecule has 0 aliphatic rings. The summed E-state index contributed by atoms with van der Waals surface area (Å²) in [5, 5.41) is 10.0. The van der Waals surface area contributed by atoms with Gasteiger partial charge >= 0.3 is 0 Å². The number of aromatic nitrogens is 2. The molecule has 0 fully saturated rings. The number of likely N-dealkylation sites (N-methyl/N-ethyl adjacent to an activating group) is 1. The first-order valence-electron chi connectivity index (χ1n) is 6.09. The van der Waals surface area contributed by atoms with Gasteiger partial charge in [-0.1, -0.05) is 0 Å². The van der Waals surface area contributed by atoms with E-state index in [9.17, 15) is 0 Å². The van der Waals surface area contributed by atoms with Crippen LogP contribution in [-0.4, -0.2) is 16.8 Å². The van der Waals surface area contributed by atoms with E-state index in [0.29, 0.717) is 6.04 Å². The van der Waals surface area contributed by atoms with Gasteiger partial charge in [0.1, 0.15) is 0 Å². The summed E-state index contributed by atoms with van der Waals surface area (Å²) in [5.41, 5.74) is 2.34. The van der Waals surface area contributed by atoms with E-state index >= 15 is 0 Å². The smallest absolute Gasteiger partial charge is 0.0597 e. The number of rotatable bonds is 5. The van der Waals surface area contributed by atoms with Crippen LogP contribution in [0.4, 0.5) is 0 Å². The van der Waals surface area contributed by atoms with Crippen LogP contribution < -0.4 is 5.32 Å². The minimum absolute atomic E-state index is 0.307. The predicted octanol–water partition coefficient (Wildman–Crippen LogP) is 3.54. The molecular weight excluding hydrogens is 310 g/mol. The number of aryl methyl sites for hydroxylation is 2. The molecule has 2 aromatic rings. The molecule has 0 aliphatic heterocycles. The van der Waals surface area contributed by atoms with E-state index < -0.39 is 0 Å². The van der Waals surface area contributed by atoms with Crippen molar-refractivity contribution < 1.29 is 0 Å². The van der Waals surface area contributed by atoms with Crippen LogP contribution in [0.25, 0.3) is 0 Å². The van der Waals surface area contributed by atoms with Gasteiger partial charge in [0, 0.05) is 22.3 Å².